The first-order chi connectivity index (χ1) is 8.50. The van der Waals surface area contributed by atoms with E-state index in [2.05, 4.69) is 14.5 Å². The molecule has 0 amide bonds. The molecule has 0 radical (unpaired) electrons. The zero-order valence-corrected chi connectivity index (χ0v) is 8.78. The summed E-state index contributed by atoms with van der Waals surface area (Å²) in [5, 5.41) is 9.18. The zero-order valence-electron chi connectivity index (χ0n) is 8.78. The number of halogens is 2. The van der Waals surface area contributed by atoms with Gasteiger partial charge in [-0.2, -0.15) is 5.26 Å². The van der Waals surface area contributed by atoms with E-state index < -0.39 is 6.29 Å². The molecule has 3 rings (SSSR count). The Morgan fingerprint density at radius 1 is 1.28 bits per heavy atom. The van der Waals surface area contributed by atoms with Gasteiger partial charge in [-0.05, 0) is 6.07 Å². The van der Waals surface area contributed by atoms with Crippen molar-refractivity contribution in [3.8, 4) is 17.6 Å². The number of nitrogen functional groups attached to an aromatic ring is 1. The topological polar surface area (TPSA) is 81.2 Å². The van der Waals surface area contributed by atoms with Crippen LogP contribution < -0.4 is 15.2 Å². The lowest BCUT2D eigenvalue weighted by Crippen LogP contribution is -2.25. The first kappa shape index (κ1) is 10.5. The fraction of sp³-hybridized carbons (Fsp3) is 0.0909. The molecular weight excluding hydrogens is 244 g/mol. The van der Waals surface area contributed by atoms with E-state index in [0.29, 0.717) is 10.9 Å². The van der Waals surface area contributed by atoms with E-state index in [9.17, 15) is 8.78 Å². The average Bonchev–Trinajstić information content (AvgIpc) is 2.60. The number of benzene rings is 1. The van der Waals surface area contributed by atoms with Crippen molar-refractivity contribution in [2.24, 2.45) is 0 Å². The van der Waals surface area contributed by atoms with E-state index in [0.717, 1.165) is 0 Å². The summed E-state index contributed by atoms with van der Waals surface area (Å²) in [6, 6.07) is 4.44. The fourth-order valence-electron chi connectivity index (χ4n) is 1.75. The quantitative estimate of drug-likeness (QED) is 0.772. The van der Waals surface area contributed by atoms with Crippen LogP contribution in [0.4, 0.5) is 14.5 Å². The van der Waals surface area contributed by atoms with Crippen LogP contribution in [0.15, 0.2) is 18.3 Å². The molecule has 1 aliphatic heterocycles. The van der Waals surface area contributed by atoms with Gasteiger partial charge in [-0.25, -0.2) is 0 Å². The van der Waals surface area contributed by atoms with Crippen LogP contribution in [-0.4, -0.2) is 11.3 Å². The number of hydrogen-bond donors (Lipinski definition) is 1. The molecule has 2 aromatic rings. The maximum atomic E-state index is 12.9. The Hall–Kier alpha value is -2.62. The third kappa shape index (κ3) is 1.39. The van der Waals surface area contributed by atoms with Gasteiger partial charge in [-0.1, -0.05) is 0 Å². The predicted octanol–water partition coefficient (Wildman–Crippen LogP) is 2.01. The Morgan fingerprint density at radius 3 is 2.61 bits per heavy atom. The molecule has 0 saturated heterocycles. The first-order valence-corrected chi connectivity index (χ1v) is 4.88. The van der Waals surface area contributed by atoms with Crippen molar-refractivity contribution in [1.82, 2.24) is 4.98 Å². The van der Waals surface area contributed by atoms with Crippen LogP contribution in [0.5, 0.6) is 11.5 Å². The van der Waals surface area contributed by atoms with Gasteiger partial charge in [-0.3, -0.25) is 4.98 Å². The number of anilines is 1. The molecule has 0 atom stereocenters. The van der Waals surface area contributed by atoms with Gasteiger partial charge >= 0.3 is 6.29 Å². The predicted molar refractivity (Wildman–Crippen MR) is 57.1 cm³/mol. The van der Waals surface area contributed by atoms with Crippen molar-refractivity contribution in [2.75, 3.05) is 5.73 Å². The Morgan fingerprint density at radius 2 is 1.94 bits per heavy atom. The molecule has 90 valence electrons. The summed E-state index contributed by atoms with van der Waals surface area (Å²) in [4.78, 5) is 3.96. The van der Waals surface area contributed by atoms with Gasteiger partial charge in [0.1, 0.15) is 6.07 Å². The van der Waals surface area contributed by atoms with E-state index in [1.54, 1.807) is 0 Å². The molecule has 0 aliphatic carbocycles. The molecule has 0 fully saturated rings. The number of hydrogen-bond acceptors (Lipinski definition) is 5. The second kappa shape index (κ2) is 3.20. The van der Waals surface area contributed by atoms with Crippen molar-refractivity contribution in [3.63, 3.8) is 0 Å². The van der Waals surface area contributed by atoms with Crippen LogP contribution >= 0.6 is 0 Å². The van der Waals surface area contributed by atoms with Crippen LogP contribution in [0.2, 0.25) is 0 Å². The highest BCUT2D eigenvalue weighted by Crippen LogP contribution is 2.43. The van der Waals surface area contributed by atoms with E-state index in [4.69, 9.17) is 11.0 Å². The number of pyridine rings is 1. The number of nitrogens with two attached hydrogens (primary N) is 1. The van der Waals surface area contributed by atoms with E-state index in [1.165, 1.54) is 18.3 Å². The minimum atomic E-state index is -3.69. The standard InChI is InChI=1S/C11H5F2N3O2/c12-11(13)17-8-1-6-7(2-9(8)18-11)16-4-5(3-14)10(6)15/h1-2,4H,(H2,15,16). The molecule has 0 saturated carbocycles. The normalized spacial score (nSPS) is 15.6. The van der Waals surface area contributed by atoms with Gasteiger partial charge in [0.25, 0.3) is 0 Å². The third-order valence-electron chi connectivity index (χ3n) is 2.55. The smallest absolute Gasteiger partial charge is 0.397 e. The van der Waals surface area contributed by atoms with E-state index in [1.807, 2.05) is 6.07 Å². The number of ether oxygens (including phenoxy) is 2. The van der Waals surface area contributed by atoms with Crippen molar-refractivity contribution in [2.45, 2.75) is 6.29 Å². The Labute approximate surface area is 99.3 Å². The van der Waals surface area contributed by atoms with Crippen LogP contribution in [-0.2, 0) is 0 Å². The van der Waals surface area contributed by atoms with Gasteiger partial charge < -0.3 is 15.2 Å². The van der Waals surface area contributed by atoms with Crippen LogP contribution in [0.1, 0.15) is 5.56 Å². The maximum absolute atomic E-state index is 12.9. The van der Waals surface area contributed by atoms with Crippen molar-refractivity contribution in [3.05, 3.63) is 23.9 Å². The molecule has 2 heterocycles. The Bertz CT molecular complexity index is 709. The minimum Gasteiger partial charge on any atom is -0.397 e. The minimum absolute atomic E-state index is 0.107. The van der Waals surface area contributed by atoms with E-state index >= 15 is 0 Å². The Balaban J connectivity index is 2.27. The van der Waals surface area contributed by atoms with Crippen LogP contribution in [0.3, 0.4) is 0 Å². The van der Waals surface area contributed by atoms with Gasteiger partial charge in [0.15, 0.2) is 11.5 Å². The highest BCUT2D eigenvalue weighted by Gasteiger charge is 2.43. The lowest BCUT2D eigenvalue weighted by molar-refractivity contribution is -0.286. The number of aromatic nitrogens is 1. The van der Waals surface area contributed by atoms with Crippen molar-refractivity contribution < 1.29 is 18.3 Å². The van der Waals surface area contributed by atoms with Gasteiger partial charge in [-0.15, -0.1) is 8.78 Å². The second-order valence-electron chi connectivity index (χ2n) is 3.68. The molecule has 1 aromatic carbocycles. The zero-order chi connectivity index (χ0) is 12.9. The molecule has 0 unspecified atom stereocenters. The monoisotopic (exact) mass is 249 g/mol. The molecule has 7 heteroatoms. The van der Waals surface area contributed by atoms with Gasteiger partial charge in [0.2, 0.25) is 0 Å². The highest BCUT2D eigenvalue weighted by molar-refractivity contribution is 5.94. The van der Waals surface area contributed by atoms with Crippen molar-refractivity contribution in [1.29, 1.82) is 5.26 Å². The summed E-state index contributed by atoms with van der Waals surface area (Å²) >= 11 is 0. The summed E-state index contributed by atoms with van der Waals surface area (Å²) in [5.41, 5.74) is 6.44. The lowest BCUT2D eigenvalue weighted by Gasteiger charge is -2.04. The third-order valence-corrected chi connectivity index (χ3v) is 2.55. The molecule has 1 aliphatic rings. The number of fused-ring (bicyclic) bond motifs is 2. The van der Waals surface area contributed by atoms with Gasteiger partial charge in [0, 0.05) is 17.6 Å². The summed E-state index contributed by atoms with van der Waals surface area (Å²) in [7, 11) is 0. The number of rotatable bonds is 0. The average molecular weight is 249 g/mol. The second-order valence-corrected chi connectivity index (χ2v) is 3.68. The SMILES string of the molecule is N#Cc1cnc2cc3c(cc2c1N)OC(F)(F)O3. The molecule has 1 aromatic heterocycles. The summed E-state index contributed by atoms with van der Waals surface area (Å²) in [5.74, 6) is -0.236. The molecular formula is C11H5F2N3O2. The summed E-state index contributed by atoms with van der Waals surface area (Å²) in [6.07, 6.45) is -2.41. The molecule has 0 spiro atoms. The molecule has 2 N–H and O–H groups in total. The summed E-state index contributed by atoms with van der Waals surface area (Å²) in [6.45, 7) is 0. The van der Waals surface area contributed by atoms with Crippen LogP contribution in [0.25, 0.3) is 10.9 Å². The fourth-order valence-corrected chi connectivity index (χ4v) is 1.75. The van der Waals surface area contributed by atoms with Crippen molar-refractivity contribution >= 4 is 16.6 Å². The molecule has 5 nitrogen and oxygen atoms in total. The summed E-state index contributed by atoms with van der Waals surface area (Å²) < 4.78 is 34.4. The number of nitrogens with zero attached hydrogens (tertiary/aromatic N) is 2. The van der Waals surface area contributed by atoms with Crippen LogP contribution in [0, 0.1) is 11.3 Å². The lowest BCUT2D eigenvalue weighted by atomic mass is 10.1. The number of nitriles is 1. The van der Waals surface area contributed by atoms with Gasteiger partial charge in [0.05, 0.1) is 16.8 Å². The molecule has 0 bridgehead atoms. The first-order valence-electron chi connectivity index (χ1n) is 4.88. The Kier molecular flexibility index (Phi) is 1.87. The molecule has 18 heavy (non-hydrogen) atoms. The maximum Gasteiger partial charge on any atom is 0.586 e. The number of alkyl halides is 2. The highest BCUT2D eigenvalue weighted by atomic mass is 19.3. The largest absolute Gasteiger partial charge is 0.586 e. The van der Waals surface area contributed by atoms with E-state index in [-0.39, 0.29) is 22.7 Å².